The quantitative estimate of drug-likeness (QED) is 0.549. The number of nitrogens with two attached hydrogens (primary N) is 1. The van der Waals surface area contributed by atoms with Gasteiger partial charge in [-0.25, -0.2) is 0 Å². The predicted octanol–water partition coefficient (Wildman–Crippen LogP) is 2.16. The zero-order chi connectivity index (χ0) is 7.78. The first kappa shape index (κ1) is 8.06. The minimum atomic E-state index is 0.131. The van der Waals surface area contributed by atoms with E-state index in [-0.39, 0.29) is 5.54 Å². The Hall–Kier alpha value is -0.0400. The fraction of sp³-hybridized carbons (Fsp3) is 1.00. The summed E-state index contributed by atoms with van der Waals surface area (Å²) in [5, 5.41) is 0. The Kier molecular flexibility index (Phi) is 2.04. The summed E-state index contributed by atoms with van der Waals surface area (Å²) in [6.07, 6.45) is 3.72. The number of hydrogen-bond acceptors (Lipinski definition) is 1. The maximum Gasteiger partial charge on any atom is 0.0128 e. The van der Waals surface area contributed by atoms with E-state index >= 15 is 0 Å². The molecule has 0 unspecified atom stereocenters. The Morgan fingerprint density at radius 3 is 2.30 bits per heavy atom. The SMILES string of the molecule is C[C@@H]1CC[C@@](C)(N)C[C@H]1C. The Balaban J connectivity index is 2.49. The van der Waals surface area contributed by atoms with Gasteiger partial charge in [0.25, 0.3) is 0 Å². The summed E-state index contributed by atoms with van der Waals surface area (Å²) in [4.78, 5) is 0. The van der Waals surface area contributed by atoms with Gasteiger partial charge in [0.2, 0.25) is 0 Å². The van der Waals surface area contributed by atoms with Gasteiger partial charge < -0.3 is 5.73 Å². The molecule has 0 bridgehead atoms. The van der Waals surface area contributed by atoms with Crippen LogP contribution in [-0.4, -0.2) is 5.54 Å². The fourth-order valence-electron chi connectivity index (χ4n) is 1.88. The van der Waals surface area contributed by atoms with Crippen LogP contribution in [0.5, 0.6) is 0 Å². The standard InChI is InChI=1S/C9H19N/c1-7-4-5-9(3,10)6-8(7)2/h7-8H,4-6,10H2,1-3H3/t7-,8-,9-/m1/s1. The summed E-state index contributed by atoms with van der Waals surface area (Å²) < 4.78 is 0. The molecule has 60 valence electrons. The highest BCUT2D eigenvalue weighted by molar-refractivity contribution is 4.87. The predicted molar refractivity (Wildman–Crippen MR) is 44.8 cm³/mol. The largest absolute Gasteiger partial charge is 0.325 e. The molecule has 1 saturated carbocycles. The van der Waals surface area contributed by atoms with Gasteiger partial charge in [0.15, 0.2) is 0 Å². The van der Waals surface area contributed by atoms with Crippen molar-refractivity contribution in [3.05, 3.63) is 0 Å². The number of rotatable bonds is 0. The van der Waals surface area contributed by atoms with Crippen LogP contribution in [0.4, 0.5) is 0 Å². The van der Waals surface area contributed by atoms with E-state index in [1.807, 2.05) is 0 Å². The van der Waals surface area contributed by atoms with Crippen LogP contribution in [0.25, 0.3) is 0 Å². The number of hydrogen-bond donors (Lipinski definition) is 1. The fourth-order valence-corrected chi connectivity index (χ4v) is 1.88. The van der Waals surface area contributed by atoms with E-state index in [9.17, 15) is 0 Å². The molecule has 1 fully saturated rings. The summed E-state index contributed by atoms with van der Waals surface area (Å²) in [6, 6.07) is 0. The van der Waals surface area contributed by atoms with Gasteiger partial charge in [-0.1, -0.05) is 13.8 Å². The molecule has 10 heavy (non-hydrogen) atoms. The molecule has 0 aromatic carbocycles. The molecule has 1 nitrogen and oxygen atoms in total. The maximum absolute atomic E-state index is 6.03. The molecule has 0 heterocycles. The van der Waals surface area contributed by atoms with Gasteiger partial charge >= 0.3 is 0 Å². The molecule has 2 N–H and O–H groups in total. The molecule has 3 atom stereocenters. The Labute approximate surface area is 64.0 Å². The van der Waals surface area contributed by atoms with Crippen LogP contribution >= 0.6 is 0 Å². The van der Waals surface area contributed by atoms with E-state index in [1.54, 1.807) is 0 Å². The van der Waals surface area contributed by atoms with Crippen molar-refractivity contribution in [2.45, 2.75) is 45.6 Å². The summed E-state index contributed by atoms with van der Waals surface area (Å²) in [5.41, 5.74) is 6.16. The van der Waals surface area contributed by atoms with Crippen molar-refractivity contribution in [1.29, 1.82) is 0 Å². The third-order valence-corrected chi connectivity index (χ3v) is 2.93. The minimum absolute atomic E-state index is 0.131. The maximum atomic E-state index is 6.03. The topological polar surface area (TPSA) is 26.0 Å². The van der Waals surface area contributed by atoms with Crippen LogP contribution < -0.4 is 5.73 Å². The molecule has 1 aliphatic carbocycles. The van der Waals surface area contributed by atoms with E-state index in [0.717, 1.165) is 11.8 Å². The third kappa shape index (κ3) is 1.72. The lowest BCUT2D eigenvalue weighted by atomic mass is 9.73. The van der Waals surface area contributed by atoms with Crippen LogP contribution in [0.1, 0.15) is 40.0 Å². The van der Waals surface area contributed by atoms with E-state index in [2.05, 4.69) is 20.8 Å². The summed E-state index contributed by atoms with van der Waals surface area (Å²) in [7, 11) is 0. The first-order valence-corrected chi connectivity index (χ1v) is 4.30. The van der Waals surface area contributed by atoms with Crippen molar-refractivity contribution >= 4 is 0 Å². The van der Waals surface area contributed by atoms with Crippen LogP contribution in [0, 0.1) is 11.8 Å². The molecule has 0 aromatic heterocycles. The van der Waals surface area contributed by atoms with E-state index < -0.39 is 0 Å². The second-order valence-electron chi connectivity index (χ2n) is 4.35. The van der Waals surface area contributed by atoms with Crippen molar-refractivity contribution in [1.82, 2.24) is 0 Å². The lowest BCUT2D eigenvalue weighted by Gasteiger charge is -2.37. The van der Waals surface area contributed by atoms with Crippen molar-refractivity contribution < 1.29 is 0 Å². The first-order valence-electron chi connectivity index (χ1n) is 4.30. The second-order valence-corrected chi connectivity index (χ2v) is 4.35. The Morgan fingerprint density at radius 1 is 1.30 bits per heavy atom. The smallest absolute Gasteiger partial charge is 0.0128 e. The molecule has 0 saturated heterocycles. The van der Waals surface area contributed by atoms with Gasteiger partial charge in [0.1, 0.15) is 0 Å². The third-order valence-electron chi connectivity index (χ3n) is 2.93. The molecule has 0 spiro atoms. The molecule has 1 rings (SSSR count). The lowest BCUT2D eigenvalue weighted by molar-refractivity contribution is 0.190. The van der Waals surface area contributed by atoms with Gasteiger partial charge in [-0.3, -0.25) is 0 Å². The normalized spacial score (nSPS) is 49.2. The van der Waals surface area contributed by atoms with Crippen LogP contribution in [-0.2, 0) is 0 Å². The monoisotopic (exact) mass is 141 g/mol. The summed E-state index contributed by atoms with van der Waals surface area (Å²) >= 11 is 0. The molecular formula is C9H19N. The molecule has 0 radical (unpaired) electrons. The van der Waals surface area contributed by atoms with Gasteiger partial charge in [-0.05, 0) is 38.0 Å². The Bertz CT molecular complexity index is 118. The molecule has 1 aliphatic rings. The van der Waals surface area contributed by atoms with E-state index in [1.165, 1.54) is 19.3 Å². The van der Waals surface area contributed by atoms with E-state index in [0.29, 0.717) is 0 Å². The van der Waals surface area contributed by atoms with Gasteiger partial charge in [0, 0.05) is 5.54 Å². The average Bonchev–Trinajstić information content (AvgIpc) is 1.79. The van der Waals surface area contributed by atoms with Gasteiger partial charge in [0.05, 0.1) is 0 Å². The average molecular weight is 141 g/mol. The molecular weight excluding hydrogens is 122 g/mol. The molecule has 0 aliphatic heterocycles. The van der Waals surface area contributed by atoms with Crippen molar-refractivity contribution in [3.63, 3.8) is 0 Å². The van der Waals surface area contributed by atoms with Crippen molar-refractivity contribution in [2.75, 3.05) is 0 Å². The highest BCUT2D eigenvalue weighted by Crippen LogP contribution is 2.33. The lowest BCUT2D eigenvalue weighted by Crippen LogP contribution is -2.42. The molecule has 0 aromatic rings. The zero-order valence-electron chi connectivity index (χ0n) is 7.35. The molecule has 0 amide bonds. The highest BCUT2D eigenvalue weighted by atomic mass is 14.7. The summed E-state index contributed by atoms with van der Waals surface area (Å²) in [6.45, 7) is 6.82. The van der Waals surface area contributed by atoms with Crippen molar-refractivity contribution in [3.8, 4) is 0 Å². The minimum Gasteiger partial charge on any atom is -0.325 e. The van der Waals surface area contributed by atoms with Gasteiger partial charge in [-0.2, -0.15) is 0 Å². The highest BCUT2D eigenvalue weighted by Gasteiger charge is 2.29. The van der Waals surface area contributed by atoms with Crippen LogP contribution in [0.2, 0.25) is 0 Å². The first-order chi connectivity index (χ1) is 4.51. The zero-order valence-corrected chi connectivity index (χ0v) is 7.35. The Morgan fingerprint density at radius 2 is 1.90 bits per heavy atom. The van der Waals surface area contributed by atoms with Gasteiger partial charge in [-0.15, -0.1) is 0 Å². The second kappa shape index (κ2) is 2.54. The van der Waals surface area contributed by atoms with E-state index in [4.69, 9.17) is 5.73 Å². The summed E-state index contributed by atoms with van der Waals surface area (Å²) in [5.74, 6) is 1.71. The van der Waals surface area contributed by atoms with Crippen molar-refractivity contribution in [2.24, 2.45) is 17.6 Å². The van der Waals surface area contributed by atoms with Crippen LogP contribution in [0.3, 0.4) is 0 Å². The molecule has 1 heteroatoms. The van der Waals surface area contributed by atoms with Crippen LogP contribution in [0.15, 0.2) is 0 Å².